The predicted octanol–water partition coefficient (Wildman–Crippen LogP) is 3.09. The van der Waals surface area contributed by atoms with Crippen molar-refractivity contribution >= 4 is 17.3 Å². The molecule has 0 N–H and O–H groups in total. The number of non-ortho nitro benzene ring substituents is 1. The summed E-state index contributed by atoms with van der Waals surface area (Å²) in [6.07, 6.45) is 4.23. The zero-order chi connectivity index (χ0) is 16.7. The molecular weight excluding hydrogens is 310 g/mol. The summed E-state index contributed by atoms with van der Waals surface area (Å²) >= 11 is 0. The Bertz CT molecular complexity index is 757. The molecule has 3 heterocycles. The van der Waals surface area contributed by atoms with Gasteiger partial charge in [0.25, 0.3) is 5.69 Å². The van der Waals surface area contributed by atoms with E-state index in [9.17, 15) is 14.9 Å². The highest BCUT2D eigenvalue weighted by Gasteiger charge is 2.49. The fraction of sp³-hybridized carbons (Fsp3) is 0.353. The van der Waals surface area contributed by atoms with Gasteiger partial charge in [-0.2, -0.15) is 0 Å². The Morgan fingerprint density at radius 2 is 1.96 bits per heavy atom. The van der Waals surface area contributed by atoms with Gasteiger partial charge >= 0.3 is 0 Å². The largest absolute Gasteiger partial charge is 0.466 e. The highest BCUT2D eigenvalue weighted by molar-refractivity contribution is 6.00. The Morgan fingerprint density at radius 1 is 1.17 bits per heavy atom. The highest BCUT2D eigenvalue weighted by atomic mass is 16.6. The SMILES string of the molecule is O=C1C2CCCCN2C(c2ccco2)N1c1ccc([N+](=O)[O-])cc1. The smallest absolute Gasteiger partial charge is 0.269 e. The molecule has 4 rings (SSSR count). The first-order valence-corrected chi connectivity index (χ1v) is 8.03. The van der Waals surface area contributed by atoms with Crippen molar-refractivity contribution in [2.75, 3.05) is 11.4 Å². The topological polar surface area (TPSA) is 79.8 Å². The molecule has 2 aliphatic heterocycles. The average molecular weight is 327 g/mol. The van der Waals surface area contributed by atoms with Crippen molar-refractivity contribution in [2.24, 2.45) is 0 Å². The van der Waals surface area contributed by atoms with Crippen LogP contribution in [0.2, 0.25) is 0 Å². The van der Waals surface area contributed by atoms with Crippen LogP contribution in [0, 0.1) is 10.1 Å². The van der Waals surface area contributed by atoms with Crippen LogP contribution in [-0.2, 0) is 4.79 Å². The van der Waals surface area contributed by atoms with E-state index >= 15 is 0 Å². The molecule has 2 fully saturated rings. The molecule has 0 spiro atoms. The van der Waals surface area contributed by atoms with Gasteiger partial charge in [0, 0.05) is 24.4 Å². The fourth-order valence-electron chi connectivity index (χ4n) is 3.67. The summed E-state index contributed by atoms with van der Waals surface area (Å²) < 4.78 is 5.58. The molecule has 0 saturated carbocycles. The number of furan rings is 1. The van der Waals surface area contributed by atoms with Crippen molar-refractivity contribution in [1.29, 1.82) is 0 Å². The predicted molar refractivity (Wildman–Crippen MR) is 86.4 cm³/mol. The van der Waals surface area contributed by atoms with E-state index in [1.165, 1.54) is 12.1 Å². The number of carbonyl (C=O) groups excluding carboxylic acids is 1. The fourth-order valence-corrected chi connectivity index (χ4v) is 3.67. The third-order valence-corrected chi connectivity index (χ3v) is 4.76. The van der Waals surface area contributed by atoms with E-state index in [1.807, 2.05) is 12.1 Å². The van der Waals surface area contributed by atoms with Crippen molar-refractivity contribution in [3.63, 3.8) is 0 Å². The number of piperidine rings is 1. The normalized spacial score (nSPS) is 24.2. The Kier molecular flexibility index (Phi) is 3.57. The van der Waals surface area contributed by atoms with E-state index in [-0.39, 0.29) is 23.8 Å². The Morgan fingerprint density at radius 3 is 2.62 bits per heavy atom. The maximum atomic E-state index is 13.0. The number of carbonyl (C=O) groups is 1. The van der Waals surface area contributed by atoms with Crippen LogP contribution in [-0.4, -0.2) is 28.3 Å². The van der Waals surface area contributed by atoms with Gasteiger partial charge in [0.2, 0.25) is 5.91 Å². The molecule has 1 aromatic carbocycles. The summed E-state index contributed by atoms with van der Waals surface area (Å²) in [7, 11) is 0. The number of nitro benzene ring substituents is 1. The molecule has 0 radical (unpaired) electrons. The van der Waals surface area contributed by atoms with E-state index in [2.05, 4.69) is 4.90 Å². The van der Waals surface area contributed by atoms with Crippen molar-refractivity contribution in [1.82, 2.24) is 4.90 Å². The molecule has 2 saturated heterocycles. The van der Waals surface area contributed by atoms with Crippen molar-refractivity contribution in [3.8, 4) is 0 Å². The zero-order valence-electron chi connectivity index (χ0n) is 13.0. The highest BCUT2D eigenvalue weighted by Crippen LogP contribution is 2.41. The molecule has 24 heavy (non-hydrogen) atoms. The van der Waals surface area contributed by atoms with Crippen LogP contribution < -0.4 is 4.90 Å². The maximum Gasteiger partial charge on any atom is 0.269 e. The first-order chi connectivity index (χ1) is 11.7. The number of fused-ring (bicyclic) bond motifs is 1. The molecule has 1 amide bonds. The quantitative estimate of drug-likeness (QED) is 0.639. The minimum Gasteiger partial charge on any atom is -0.466 e. The Balaban J connectivity index is 1.75. The van der Waals surface area contributed by atoms with Crippen LogP contribution in [0.1, 0.15) is 31.2 Å². The van der Waals surface area contributed by atoms with Gasteiger partial charge < -0.3 is 4.42 Å². The number of amides is 1. The van der Waals surface area contributed by atoms with Crippen LogP contribution in [0.4, 0.5) is 11.4 Å². The summed E-state index contributed by atoms with van der Waals surface area (Å²) in [5, 5.41) is 10.9. The second kappa shape index (κ2) is 5.76. The van der Waals surface area contributed by atoms with Crippen LogP contribution >= 0.6 is 0 Å². The summed E-state index contributed by atoms with van der Waals surface area (Å²) in [6.45, 7) is 0.839. The van der Waals surface area contributed by atoms with Gasteiger partial charge in [-0.15, -0.1) is 0 Å². The van der Waals surface area contributed by atoms with E-state index in [0.29, 0.717) is 11.4 Å². The second-order valence-corrected chi connectivity index (χ2v) is 6.12. The number of nitro groups is 1. The third-order valence-electron chi connectivity index (χ3n) is 4.76. The summed E-state index contributed by atoms with van der Waals surface area (Å²) in [6, 6.07) is 9.65. The van der Waals surface area contributed by atoms with Crippen LogP contribution in [0.3, 0.4) is 0 Å². The van der Waals surface area contributed by atoms with Gasteiger partial charge in [-0.05, 0) is 37.1 Å². The molecule has 124 valence electrons. The van der Waals surface area contributed by atoms with Gasteiger partial charge in [-0.25, -0.2) is 0 Å². The lowest BCUT2D eigenvalue weighted by atomic mass is 10.0. The molecule has 0 bridgehead atoms. The Labute approximate surface area is 138 Å². The molecule has 0 aliphatic carbocycles. The lowest BCUT2D eigenvalue weighted by Gasteiger charge is -2.32. The van der Waals surface area contributed by atoms with Gasteiger partial charge in [-0.3, -0.25) is 24.7 Å². The van der Waals surface area contributed by atoms with E-state index < -0.39 is 4.92 Å². The third kappa shape index (κ3) is 2.28. The molecular formula is C17H17N3O4. The Hall–Kier alpha value is -2.67. The van der Waals surface area contributed by atoms with Gasteiger partial charge in [-0.1, -0.05) is 6.42 Å². The molecule has 2 atom stereocenters. The minimum absolute atomic E-state index is 0.0117. The summed E-state index contributed by atoms with van der Waals surface area (Å²) in [5.41, 5.74) is 0.666. The minimum atomic E-state index is -0.442. The maximum absolute atomic E-state index is 13.0. The molecule has 2 unspecified atom stereocenters. The van der Waals surface area contributed by atoms with Crippen molar-refractivity contribution in [2.45, 2.75) is 31.5 Å². The van der Waals surface area contributed by atoms with Crippen LogP contribution in [0.25, 0.3) is 0 Å². The lowest BCUT2D eigenvalue weighted by Crippen LogP contribution is -2.38. The monoisotopic (exact) mass is 327 g/mol. The molecule has 1 aromatic heterocycles. The number of hydrogen-bond donors (Lipinski definition) is 0. The number of benzene rings is 1. The van der Waals surface area contributed by atoms with E-state index in [0.717, 1.165) is 25.8 Å². The zero-order valence-corrected chi connectivity index (χ0v) is 13.0. The van der Waals surface area contributed by atoms with Gasteiger partial charge in [0.1, 0.15) is 11.9 Å². The second-order valence-electron chi connectivity index (χ2n) is 6.12. The van der Waals surface area contributed by atoms with Gasteiger partial charge in [0.15, 0.2) is 0 Å². The van der Waals surface area contributed by atoms with Crippen LogP contribution in [0.15, 0.2) is 47.1 Å². The van der Waals surface area contributed by atoms with Crippen LogP contribution in [0.5, 0.6) is 0 Å². The first kappa shape index (κ1) is 14.9. The lowest BCUT2D eigenvalue weighted by molar-refractivity contribution is -0.384. The van der Waals surface area contributed by atoms with E-state index in [4.69, 9.17) is 4.42 Å². The average Bonchev–Trinajstić information content (AvgIpc) is 3.22. The molecule has 2 aliphatic rings. The number of nitrogens with zero attached hydrogens (tertiary/aromatic N) is 3. The summed E-state index contributed by atoms with van der Waals surface area (Å²) in [4.78, 5) is 27.3. The van der Waals surface area contributed by atoms with Crippen molar-refractivity contribution < 1.29 is 14.1 Å². The number of anilines is 1. The van der Waals surface area contributed by atoms with Gasteiger partial charge in [0.05, 0.1) is 17.2 Å². The summed E-state index contributed by atoms with van der Waals surface area (Å²) in [5.74, 6) is 0.746. The van der Waals surface area contributed by atoms with Crippen molar-refractivity contribution in [3.05, 3.63) is 58.5 Å². The number of rotatable bonds is 3. The molecule has 7 heteroatoms. The first-order valence-electron chi connectivity index (χ1n) is 8.03. The standard InChI is InChI=1S/C17H17N3O4/c21-17-14-4-1-2-10-18(14)16(15-5-3-11-24-15)19(17)12-6-8-13(9-7-12)20(22)23/h3,5-9,11,14,16H,1-2,4,10H2. The molecule has 7 nitrogen and oxygen atoms in total. The van der Waals surface area contributed by atoms with E-state index in [1.54, 1.807) is 23.3 Å². The molecule has 2 aromatic rings. The number of hydrogen-bond acceptors (Lipinski definition) is 5.